The van der Waals surface area contributed by atoms with Crippen molar-refractivity contribution in [2.45, 2.75) is 58.2 Å². The molecular weight excluding hydrogens is 230 g/mol. The van der Waals surface area contributed by atoms with E-state index in [0.29, 0.717) is 6.42 Å². The highest BCUT2D eigenvalue weighted by Gasteiger charge is 2.53. The molecule has 0 aromatic heterocycles. The Morgan fingerprint density at radius 1 is 1.38 bits per heavy atom. The van der Waals surface area contributed by atoms with Gasteiger partial charge in [-0.15, -0.1) is 0 Å². The van der Waals surface area contributed by atoms with Crippen LogP contribution in [0.25, 0.3) is 0 Å². The summed E-state index contributed by atoms with van der Waals surface area (Å²) < 4.78 is 28.0. The average molecular weight is 251 g/mol. The molecule has 1 unspecified atom stereocenters. The van der Waals surface area contributed by atoms with Crippen molar-refractivity contribution in [3.8, 4) is 0 Å². The Bertz CT molecular complexity index is 361. The predicted molar refractivity (Wildman–Crippen MR) is 60.7 cm³/mol. The molecule has 0 amide bonds. The van der Waals surface area contributed by atoms with Crippen LogP contribution in [0.3, 0.4) is 0 Å². The molecule has 0 radical (unpaired) electrons. The van der Waals surface area contributed by atoms with E-state index < -0.39 is 27.3 Å². The van der Waals surface area contributed by atoms with E-state index in [-0.39, 0.29) is 5.75 Å². The SMILES string of the molecule is CCS(=O)(=O)OC1CC(C)(C)N(O)C1(C)C. The van der Waals surface area contributed by atoms with Crippen LogP contribution >= 0.6 is 0 Å². The molecule has 1 atom stereocenters. The molecule has 0 aromatic rings. The van der Waals surface area contributed by atoms with Gasteiger partial charge in [0.25, 0.3) is 10.1 Å². The number of nitrogens with zero attached hydrogens (tertiary/aromatic N) is 1. The summed E-state index contributed by atoms with van der Waals surface area (Å²) in [7, 11) is -3.49. The molecule has 0 aromatic carbocycles. The summed E-state index contributed by atoms with van der Waals surface area (Å²) in [5.41, 5.74) is -1.18. The largest absolute Gasteiger partial charge is 0.313 e. The Morgan fingerprint density at radius 2 is 1.88 bits per heavy atom. The molecule has 1 aliphatic heterocycles. The van der Waals surface area contributed by atoms with Crippen molar-refractivity contribution >= 4 is 10.1 Å². The van der Waals surface area contributed by atoms with Gasteiger partial charge in [-0.05, 0) is 41.0 Å². The van der Waals surface area contributed by atoms with Gasteiger partial charge in [-0.3, -0.25) is 4.18 Å². The Labute approximate surface area is 97.5 Å². The van der Waals surface area contributed by atoms with Gasteiger partial charge >= 0.3 is 0 Å². The third-order valence-electron chi connectivity index (χ3n) is 3.21. The van der Waals surface area contributed by atoms with E-state index in [1.165, 1.54) is 5.06 Å². The summed E-state index contributed by atoms with van der Waals surface area (Å²) in [6.45, 7) is 8.81. The topological polar surface area (TPSA) is 66.8 Å². The second-order valence-corrected chi connectivity index (χ2v) is 7.30. The van der Waals surface area contributed by atoms with Crippen molar-refractivity contribution in [3.63, 3.8) is 0 Å². The van der Waals surface area contributed by atoms with E-state index >= 15 is 0 Å². The summed E-state index contributed by atoms with van der Waals surface area (Å²) in [6.07, 6.45) is -0.0344. The first kappa shape index (κ1) is 13.9. The average Bonchev–Trinajstić information content (AvgIpc) is 2.27. The lowest BCUT2D eigenvalue weighted by atomic mass is 9.97. The second-order valence-electron chi connectivity index (χ2n) is 5.41. The Kier molecular flexibility index (Phi) is 3.42. The minimum absolute atomic E-state index is 0.0502. The zero-order valence-electron chi connectivity index (χ0n) is 10.5. The molecule has 1 heterocycles. The Morgan fingerprint density at radius 3 is 2.19 bits per heavy atom. The number of hydrogen-bond donors (Lipinski definition) is 1. The third-order valence-corrected chi connectivity index (χ3v) is 4.44. The van der Waals surface area contributed by atoms with Crippen LogP contribution in [0.15, 0.2) is 0 Å². The Hall–Kier alpha value is -0.170. The van der Waals surface area contributed by atoms with Crippen LogP contribution in [0.5, 0.6) is 0 Å². The molecule has 1 fully saturated rings. The van der Waals surface area contributed by atoms with Gasteiger partial charge < -0.3 is 5.21 Å². The minimum Gasteiger partial charge on any atom is -0.313 e. The first-order valence-corrected chi connectivity index (χ1v) is 7.01. The Balaban J connectivity index is 2.93. The molecule has 1 N–H and O–H groups in total. The maximum atomic E-state index is 11.4. The monoisotopic (exact) mass is 251 g/mol. The van der Waals surface area contributed by atoms with Crippen LogP contribution in [0.4, 0.5) is 0 Å². The summed E-state index contributed by atoms with van der Waals surface area (Å²) >= 11 is 0. The summed E-state index contributed by atoms with van der Waals surface area (Å²) in [4.78, 5) is 0. The van der Waals surface area contributed by atoms with Gasteiger partial charge in [0.05, 0.1) is 17.4 Å². The fourth-order valence-corrected chi connectivity index (χ4v) is 2.90. The maximum absolute atomic E-state index is 11.4. The molecule has 1 saturated heterocycles. The van der Waals surface area contributed by atoms with E-state index in [1.54, 1.807) is 20.8 Å². The van der Waals surface area contributed by atoms with Gasteiger partial charge in [-0.25, -0.2) is 0 Å². The van der Waals surface area contributed by atoms with Crippen molar-refractivity contribution in [2.24, 2.45) is 0 Å². The molecule has 16 heavy (non-hydrogen) atoms. The van der Waals surface area contributed by atoms with E-state index in [9.17, 15) is 13.6 Å². The predicted octanol–water partition coefficient (Wildman–Crippen LogP) is 1.37. The highest BCUT2D eigenvalue weighted by molar-refractivity contribution is 7.86. The lowest BCUT2D eigenvalue weighted by Crippen LogP contribution is -2.49. The second kappa shape index (κ2) is 3.94. The van der Waals surface area contributed by atoms with Crippen molar-refractivity contribution in [1.29, 1.82) is 0 Å². The van der Waals surface area contributed by atoms with Crippen molar-refractivity contribution in [1.82, 2.24) is 5.06 Å². The molecule has 6 heteroatoms. The number of rotatable bonds is 3. The zero-order valence-corrected chi connectivity index (χ0v) is 11.3. The molecule has 1 rings (SSSR count). The molecule has 0 bridgehead atoms. The van der Waals surface area contributed by atoms with Crippen LogP contribution < -0.4 is 0 Å². The van der Waals surface area contributed by atoms with Crippen molar-refractivity contribution in [3.05, 3.63) is 0 Å². The van der Waals surface area contributed by atoms with Gasteiger partial charge in [0.2, 0.25) is 0 Å². The van der Waals surface area contributed by atoms with E-state index in [4.69, 9.17) is 4.18 Å². The number of hydrogen-bond acceptors (Lipinski definition) is 5. The molecule has 5 nitrogen and oxygen atoms in total. The molecule has 1 aliphatic rings. The standard InChI is InChI=1S/C10H21NO4S/c1-6-16(13,14)15-8-7-9(2,3)11(12)10(8,4)5/h8,12H,6-7H2,1-5H3. The van der Waals surface area contributed by atoms with Gasteiger partial charge in [-0.2, -0.15) is 13.5 Å². The third kappa shape index (κ3) is 2.40. The highest BCUT2D eigenvalue weighted by Crippen LogP contribution is 2.41. The highest BCUT2D eigenvalue weighted by atomic mass is 32.2. The lowest BCUT2D eigenvalue weighted by molar-refractivity contribution is -0.199. The maximum Gasteiger partial charge on any atom is 0.267 e. The van der Waals surface area contributed by atoms with Crippen LogP contribution in [0, 0.1) is 0 Å². The van der Waals surface area contributed by atoms with Gasteiger partial charge in [0, 0.05) is 5.54 Å². The first-order chi connectivity index (χ1) is 7.03. The number of hydroxylamine groups is 2. The zero-order chi connectivity index (χ0) is 12.8. The van der Waals surface area contributed by atoms with Crippen molar-refractivity contribution < 1.29 is 17.8 Å². The van der Waals surface area contributed by atoms with E-state index in [1.807, 2.05) is 13.8 Å². The van der Waals surface area contributed by atoms with Crippen LogP contribution in [0.2, 0.25) is 0 Å². The fourth-order valence-electron chi connectivity index (χ4n) is 2.10. The summed E-state index contributed by atoms with van der Waals surface area (Å²) in [5.74, 6) is -0.0502. The first-order valence-electron chi connectivity index (χ1n) is 5.43. The molecule has 0 aliphatic carbocycles. The molecule has 0 spiro atoms. The molecule has 0 saturated carbocycles. The van der Waals surface area contributed by atoms with Gasteiger partial charge in [0.1, 0.15) is 0 Å². The molecule has 96 valence electrons. The lowest BCUT2D eigenvalue weighted by Gasteiger charge is -2.35. The summed E-state index contributed by atoms with van der Waals surface area (Å²) in [5, 5.41) is 11.2. The summed E-state index contributed by atoms with van der Waals surface area (Å²) in [6, 6.07) is 0. The van der Waals surface area contributed by atoms with E-state index in [0.717, 1.165) is 0 Å². The quantitative estimate of drug-likeness (QED) is 0.767. The normalized spacial score (nSPS) is 29.5. The van der Waals surface area contributed by atoms with Crippen molar-refractivity contribution in [2.75, 3.05) is 5.75 Å². The van der Waals surface area contributed by atoms with E-state index in [2.05, 4.69) is 0 Å². The smallest absolute Gasteiger partial charge is 0.267 e. The molecular formula is C10H21NO4S. The van der Waals surface area contributed by atoms with Crippen LogP contribution in [-0.4, -0.2) is 41.6 Å². The van der Waals surface area contributed by atoms with Gasteiger partial charge in [-0.1, -0.05) is 0 Å². The fraction of sp³-hybridized carbons (Fsp3) is 1.00. The minimum atomic E-state index is -3.49. The van der Waals surface area contributed by atoms with Crippen LogP contribution in [-0.2, 0) is 14.3 Å². The van der Waals surface area contributed by atoms with Crippen LogP contribution in [0.1, 0.15) is 41.0 Å². The van der Waals surface area contributed by atoms with Gasteiger partial charge in [0.15, 0.2) is 0 Å².